The topological polar surface area (TPSA) is 148 Å². The van der Waals surface area contributed by atoms with E-state index in [1.54, 1.807) is 44.2 Å². The highest BCUT2D eigenvalue weighted by molar-refractivity contribution is 5.91. The fourth-order valence-corrected chi connectivity index (χ4v) is 2.51. The lowest BCUT2D eigenvalue weighted by Crippen LogP contribution is -2.54. The molecule has 9 nitrogen and oxygen atoms in total. The van der Waals surface area contributed by atoms with E-state index < -0.39 is 48.3 Å². The van der Waals surface area contributed by atoms with Crippen LogP contribution in [0, 0.1) is 5.92 Å². The molecule has 2 amide bonds. The van der Waals surface area contributed by atoms with E-state index in [4.69, 9.17) is 11.3 Å². The van der Waals surface area contributed by atoms with Crippen molar-refractivity contribution < 1.29 is 30.4 Å². The van der Waals surface area contributed by atoms with E-state index in [0.717, 1.165) is 0 Å². The molecule has 0 unspecified atom stereocenters. The zero-order valence-corrected chi connectivity index (χ0v) is 16.1. The van der Waals surface area contributed by atoms with Gasteiger partial charge in [0.1, 0.15) is 7.45 Å². The van der Waals surface area contributed by atoms with Gasteiger partial charge in [0.25, 0.3) is 0 Å². The quantitative estimate of drug-likeness (QED) is 0.396. The highest BCUT2D eigenvalue weighted by Gasteiger charge is 2.29. The molecule has 5 N–H and O–H groups in total. The zero-order valence-electron chi connectivity index (χ0n) is 17.1. The monoisotopic (exact) mass is 394 g/mol. The van der Waals surface area contributed by atoms with Crippen LogP contribution < -0.4 is 16.4 Å². The summed E-state index contributed by atoms with van der Waals surface area (Å²) in [4.78, 5) is 47.7. The Bertz CT molecular complexity index is 713. The van der Waals surface area contributed by atoms with Crippen LogP contribution in [0.5, 0.6) is 0 Å². The number of methoxy groups -OCH3 is 1. The summed E-state index contributed by atoms with van der Waals surface area (Å²) >= 11 is 0. The highest BCUT2D eigenvalue weighted by Crippen LogP contribution is 2.18. The van der Waals surface area contributed by atoms with Gasteiger partial charge in [0, 0.05) is 0 Å². The number of hydrogen-bond donors (Lipinski definition) is 4. The molecule has 0 fully saturated rings. The van der Waals surface area contributed by atoms with E-state index in [-0.39, 0.29) is 12.3 Å². The Morgan fingerprint density at radius 2 is 1.75 bits per heavy atom. The van der Waals surface area contributed by atoms with Crippen molar-refractivity contribution in [3.8, 4) is 0 Å². The van der Waals surface area contributed by atoms with Gasteiger partial charge in [-0.2, -0.15) is 0 Å². The number of carbonyl (C=O) groups is 4. The first-order chi connectivity index (χ1) is 13.7. The molecule has 0 bridgehead atoms. The van der Waals surface area contributed by atoms with Crippen molar-refractivity contribution in [2.24, 2.45) is 11.6 Å². The van der Waals surface area contributed by atoms with E-state index >= 15 is 0 Å². The van der Waals surface area contributed by atoms with Crippen LogP contribution in [-0.4, -0.2) is 48.1 Å². The van der Waals surface area contributed by atoms with Crippen LogP contribution >= 0.6 is 0 Å². The number of nitrogens with two attached hydrogens (primary N) is 1. The van der Waals surface area contributed by atoms with Gasteiger partial charge in [0.15, 0.2) is 0 Å². The Labute approximate surface area is 165 Å². The maximum atomic E-state index is 12.8. The van der Waals surface area contributed by atoms with Crippen LogP contribution in [0.2, 0.25) is 1.41 Å². The third-order valence-electron chi connectivity index (χ3n) is 4.06. The third-order valence-corrected chi connectivity index (χ3v) is 4.06. The fraction of sp³-hybridized carbons (Fsp3) is 0.474. The lowest BCUT2D eigenvalue weighted by molar-refractivity contribution is -0.141. The number of amides is 2. The van der Waals surface area contributed by atoms with E-state index in [0.29, 0.717) is 5.56 Å². The Morgan fingerprint density at radius 1 is 1.11 bits per heavy atom. The molecule has 9 heteroatoms. The number of hydrogen-bond acceptors (Lipinski definition) is 6. The summed E-state index contributed by atoms with van der Waals surface area (Å²) in [5, 5.41) is 14.1. The molecule has 3 atom stereocenters. The first kappa shape index (κ1) is 21.4. The maximum absolute atomic E-state index is 12.8. The molecule has 0 heterocycles. The average Bonchev–Trinajstić information content (AvgIpc) is 2.69. The van der Waals surface area contributed by atoms with Gasteiger partial charge in [-0.1, -0.05) is 44.2 Å². The summed E-state index contributed by atoms with van der Waals surface area (Å²) in [6.45, 7) is 3.42. The average molecular weight is 394 g/mol. The lowest BCUT2D eigenvalue weighted by atomic mass is 9.99. The van der Waals surface area contributed by atoms with E-state index in [1.165, 1.54) is 7.11 Å². The number of ether oxygens (including phenoxy) is 1. The van der Waals surface area contributed by atoms with Crippen LogP contribution in [0.25, 0.3) is 0 Å². The standard InChI is InChI=1S/C19H27N3O6/c1-11(2)17(22-18(26)13(20)9-15(23)24)19(27)21-14(10-16(25)28-3)12-7-5-4-6-8-12/h4-8,11,13-14,17H,9-10,20H2,1-3H3,(H,21,27)(H,22,26)(H,23,24)/t13-,14-,17-/m0/s1/i/hD. The third kappa shape index (κ3) is 7.36. The SMILES string of the molecule is [2H]N[C@@H](CC(=O)O)C(=O)N[C@H](C(=O)N[C@@H](CC(=O)OC)c1ccccc1)C(C)C. The van der Waals surface area contributed by atoms with E-state index in [2.05, 4.69) is 10.6 Å². The van der Waals surface area contributed by atoms with Crippen molar-refractivity contribution >= 4 is 23.8 Å². The molecule has 28 heavy (non-hydrogen) atoms. The molecule has 0 spiro atoms. The number of rotatable bonds is 11. The Morgan fingerprint density at radius 3 is 2.25 bits per heavy atom. The van der Waals surface area contributed by atoms with Crippen molar-refractivity contribution in [1.29, 1.82) is 0 Å². The predicted molar refractivity (Wildman–Crippen MR) is 101 cm³/mol. The van der Waals surface area contributed by atoms with E-state index in [9.17, 15) is 19.2 Å². The minimum Gasteiger partial charge on any atom is -0.481 e. The second-order valence-electron chi connectivity index (χ2n) is 6.63. The second-order valence-corrected chi connectivity index (χ2v) is 6.63. The van der Waals surface area contributed by atoms with Crippen LogP contribution in [0.4, 0.5) is 0 Å². The van der Waals surface area contributed by atoms with Gasteiger partial charge in [-0.15, -0.1) is 0 Å². The molecule has 0 saturated heterocycles. The molecular formula is C19H27N3O6. The summed E-state index contributed by atoms with van der Waals surface area (Å²) in [7, 11) is 1.25. The first-order valence-corrected chi connectivity index (χ1v) is 8.81. The van der Waals surface area contributed by atoms with Crippen LogP contribution in [0.1, 0.15) is 38.3 Å². The smallest absolute Gasteiger partial charge is 0.307 e. The minimum absolute atomic E-state index is 0.0963. The highest BCUT2D eigenvalue weighted by atomic mass is 16.5. The van der Waals surface area contributed by atoms with Gasteiger partial charge in [-0.3, -0.25) is 19.2 Å². The molecule has 0 radical (unpaired) electrons. The maximum Gasteiger partial charge on any atom is 0.307 e. The number of carboxylic acids is 1. The summed E-state index contributed by atoms with van der Waals surface area (Å²) in [5.74, 6) is -3.41. The Balaban J connectivity index is 2.96. The Hall–Kier alpha value is -2.94. The van der Waals surface area contributed by atoms with Crippen molar-refractivity contribution in [2.45, 2.75) is 44.8 Å². The summed E-state index contributed by atoms with van der Waals surface area (Å²) in [6, 6.07) is 5.88. The molecule has 0 saturated carbocycles. The Kier molecular flexibility index (Phi) is 8.41. The van der Waals surface area contributed by atoms with Gasteiger partial charge in [-0.25, -0.2) is 0 Å². The van der Waals surface area contributed by atoms with Crippen LogP contribution in [0.15, 0.2) is 30.3 Å². The number of benzene rings is 1. The van der Waals surface area contributed by atoms with Gasteiger partial charge in [-0.05, 0) is 11.5 Å². The van der Waals surface area contributed by atoms with E-state index in [1.807, 2.05) is 5.73 Å². The van der Waals surface area contributed by atoms with Crippen LogP contribution in [0.3, 0.4) is 0 Å². The molecule has 1 aromatic carbocycles. The molecule has 0 aromatic heterocycles. The largest absolute Gasteiger partial charge is 0.481 e. The number of esters is 1. The van der Waals surface area contributed by atoms with Gasteiger partial charge in [0.05, 0.1) is 32.0 Å². The number of nitrogens with one attached hydrogen (secondary N) is 2. The van der Waals surface area contributed by atoms with Crippen LogP contribution in [-0.2, 0) is 23.9 Å². The summed E-state index contributed by atoms with van der Waals surface area (Å²) in [6.07, 6.45) is -0.697. The molecule has 0 aliphatic carbocycles. The predicted octanol–water partition coefficient (Wildman–Crippen LogP) is 0.350. The van der Waals surface area contributed by atoms with Crippen molar-refractivity contribution in [3.05, 3.63) is 35.9 Å². The molecule has 0 aliphatic rings. The van der Waals surface area contributed by atoms with Crippen molar-refractivity contribution in [2.75, 3.05) is 7.11 Å². The number of aliphatic carboxylic acids is 1. The van der Waals surface area contributed by atoms with Gasteiger partial charge in [0.2, 0.25) is 11.8 Å². The summed E-state index contributed by atoms with van der Waals surface area (Å²) < 4.78 is 11.8. The first-order valence-electron chi connectivity index (χ1n) is 9.31. The van der Waals surface area contributed by atoms with Crippen molar-refractivity contribution in [3.63, 3.8) is 0 Å². The summed E-state index contributed by atoms with van der Waals surface area (Å²) in [5.41, 5.74) is 2.57. The normalized spacial score (nSPS) is 14.4. The molecule has 0 aliphatic heterocycles. The molecule has 154 valence electrons. The van der Waals surface area contributed by atoms with Crippen molar-refractivity contribution in [1.82, 2.24) is 10.6 Å². The lowest BCUT2D eigenvalue weighted by Gasteiger charge is -2.26. The zero-order chi connectivity index (χ0) is 22.0. The second kappa shape index (κ2) is 11.0. The van der Waals surface area contributed by atoms with Gasteiger partial charge < -0.3 is 26.2 Å². The number of carboxylic acid groups (broad SMARTS) is 1. The minimum atomic E-state index is -1.30. The fourth-order valence-electron chi connectivity index (χ4n) is 2.51. The van der Waals surface area contributed by atoms with Gasteiger partial charge >= 0.3 is 11.9 Å². The number of carbonyl (C=O) groups excluding carboxylic acids is 3. The molecule has 1 rings (SSSR count). The molecule has 1 aromatic rings. The molecular weight excluding hydrogens is 366 g/mol.